The Kier molecular flexibility index (Phi) is 5.37. The summed E-state index contributed by atoms with van der Waals surface area (Å²) < 4.78 is 4.84. The molecule has 7 heteroatoms. The summed E-state index contributed by atoms with van der Waals surface area (Å²) in [5.41, 5.74) is 2.95. The average molecular weight is 405 g/mol. The first-order chi connectivity index (χ1) is 14.5. The quantitative estimate of drug-likeness (QED) is 0.675. The molecule has 3 aromatic rings. The van der Waals surface area contributed by atoms with E-state index in [-0.39, 0.29) is 11.7 Å². The third-order valence-electron chi connectivity index (χ3n) is 5.49. The van der Waals surface area contributed by atoms with Crippen molar-refractivity contribution in [2.45, 2.75) is 0 Å². The molecule has 0 atom stereocenters. The van der Waals surface area contributed by atoms with Crippen molar-refractivity contribution in [1.29, 1.82) is 0 Å². The van der Waals surface area contributed by atoms with Gasteiger partial charge in [-0.25, -0.2) is 4.79 Å². The Bertz CT molecular complexity index is 1100. The van der Waals surface area contributed by atoms with E-state index in [1.807, 2.05) is 29.2 Å². The first-order valence-corrected chi connectivity index (χ1v) is 9.76. The van der Waals surface area contributed by atoms with E-state index in [4.69, 9.17) is 4.74 Å². The van der Waals surface area contributed by atoms with Crippen molar-refractivity contribution in [3.8, 4) is 16.9 Å². The molecule has 0 spiro atoms. The van der Waals surface area contributed by atoms with E-state index in [0.717, 1.165) is 37.3 Å². The van der Waals surface area contributed by atoms with Crippen LogP contribution < -0.4 is 0 Å². The van der Waals surface area contributed by atoms with E-state index >= 15 is 0 Å². The van der Waals surface area contributed by atoms with Gasteiger partial charge in [-0.1, -0.05) is 12.1 Å². The molecular formula is C23H23N3O4. The molecule has 2 heterocycles. The summed E-state index contributed by atoms with van der Waals surface area (Å²) >= 11 is 0. The number of carbonyl (C=O) groups is 2. The zero-order valence-electron chi connectivity index (χ0n) is 17.0. The molecule has 2 aromatic carbocycles. The predicted molar refractivity (Wildman–Crippen MR) is 114 cm³/mol. The normalized spacial score (nSPS) is 14.7. The number of hydrogen-bond acceptors (Lipinski definition) is 6. The van der Waals surface area contributed by atoms with Crippen molar-refractivity contribution in [3.63, 3.8) is 0 Å². The van der Waals surface area contributed by atoms with E-state index in [1.165, 1.54) is 19.2 Å². The van der Waals surface area contributed by atoms with Crippen LogP contribution in [0.3, 0.4) is 0 Å². The fraction of sp³-hybridized carbons (Fsp3) is 0.261. The van der Waals surface area contributed by atoms with Gasteiger partial charge in [0.2, 0.25) is 0 Å². The number of aromatic nitrogens is 1. The highest BCUT2D eigenvalue weighted by molar-refractivity contribution is 6.06. The van der Waals surface area contributed by atoms with Crippen LogP contribution in [0.2, 0.25) is 0 Å². The minimum absolute atomic E-state index is 0.00248. The lowest BCUT2D eigenvalue weighted by Gasteiger charge is -2.32. The number of fused-ring (bicyclic) bond motifs is 1. The molecule has 1 aliphatic heterocycles. The summed E-state index contributed by atoms with van der Waals surface area (Å²) in [5, 5.41) is 10.6. The smallest absolute Gasteiger partial charge is 0.338 e. The Morgan fingerprint density at radius 3 is 2.37 bits per heavy atom. The third-order valence-corrected chi connectivity index (χ3v) is 5.49. The Balaban J connectivity index is 1.64. The molecule has 0 unspecified atom stereocenters. The molecule has 1 N–H and O–H groups in total. The third kappa shape index (κ3) is 3.71. The van der Waals surface area contributed by atoms with Gasteiger partial charge in [-0.05, 0) is 42.9 Å². The second-order valence-electron chi connectivity index (χ2n) is 7.42. The van der Waals surface area contributed by atoms with Gasteiger partial charge in [-0.3, -0.25) is 9.78 Å². The molecule has 4 rings (SSSR count). The number of hydrogen-bond donors (Lipinski definition) is 1. The molecule has 0 radical (unpaired) electrons. The standard InChI is InChI=1S/C23H23N3O4/c1-25-9-11-26(12-10-25)22(28)16-5-3-15(4-6-16)17-13-19-18(23(29)30-2)7-8-20(27)21(19)24-14-17/h3-8,13-14,27H,9-12H2,1-2H3. The first-order valence-electron chi connectivity index (χ1n) is 9.76. The maximum atomic E-state index is 12.7. The average Bonchev–Trinajstić information content (AvgIpc) is 2.79. The van der Waals surface area contributed by atoms with Gasteiger partial charge in [-0.15, -0.1) is 0 Å². The van der Waals surface area contributed by atoms with Crippen molar-refractivity contribution < 1.29 is 19.4 Å². The van der Waals surface area contributed by atoms with Crippen molar-refractivity contribution in [2.24, 2.45) is 0 Å². The summed E-state index contributed by atoms with van der Waals surface area (Å²) in [5.74, 6) is -0.464. The van der Waals surface area contributed by atoms with Crippen LogP contribution in [-0.4, -0.2) is 72.1 Å². The predicted octanol–water partition coefficient (Wildman–Crippen LogP) is 2.78. The van der Waals surface area contributed by atoms with E-state index < -0.39 is 5.97 Å². The number of phenolic OH excluding ortho intramolecular Hbond substituents is 1. The molecule has 1 aliphatic rings. The van der Waals surface area contributed by atoms with Gasteiger partial charge in [0.25, 0.3) is 5.91 Å². The van der Waals surface area contributed by atoms with E-state index in [2.05, 4.69) is 16.9 Å². The molecule has 0 bridgehead atoms. The fourth-order valence-corrected chi connectivity index (χ4v) is 3.65. The number of piperazine rings is 1. The highest BCUT2D eigenvalue weighted by Crippen LogP contribution is 2.30. The van der Waals surface area contributed by atoms with E-state index in [0.29, 0.717) is 22.0 Å². The summed E-state index contributed by atoms with van der Waals surface area (Å²) in [7, 11) is 3.37. The number of amides is 1. The van der Waals surface area contributed by atoms with Gasteiger partial charge in [0.05, 0.1) is 12.7 Å². The van der Waals surface area contributed by atoms with Crippen LogP contribution in [0.15, 0.2) is 48.7 Å². The summed E-state index contributed by atoms with van der Waals surface area (Å²) in [6.07, 6.45) is 1.64. The number of benzene rings is 2. The second-order valence-corrected chi connectivity index (χ2v) is 7.42. The molecule has 154 valence electrons. The number of carbonyl (C=O) groups excluding carboxylic acids is 2. The number of esters is 1. The lowest BCUT2D eigenvalue weighted by molar-refractivity contribution is 0.0602. The molecule has 1 fully saturated rings. The minimum atomic E-state index is -0.493. The number of aromatic hydroxyl groups is 1. The molecule has 7 nitrogen and oxygen atoms in total. The minimum Gasteiger partial charge on any atom is -0.506 e. The SMILES string of the molecule is COC(=O)c1ccc(O)c2ncc(-c3ccc(C(=O)N4CCN(C)CC4)cc3)cc12. The number of rotatable bonds is 3. The van der Waals surface area contributed by atoms with Gasteiger partial charge in [0, 0.05) is 48.9 Å². The molecular weight excluding hydrogens is 382 g/mol. The zero-order valence-corrected chi connectivity index (χ0v) is 17.0. The maximum absolute atomic E-state index is 12.7. The van der Waals surface area contributed by atoms with Crippen molar-refractivity contribution in [3.05, 3.63) is 59.8 Å². The van der Waals surface area contributed by atoms with E-state index in [9.17, 15) is 14.7 Å². The van der Waals surface area contributed by atoms with Crippen LogP contribution in [0.25, 0.3) is 22.0 Å². The number of likely N-dealkylation sites (N-methyl/N-ethyl adjacent to an activating group) is 1. The van der Waals surface area contributed by atoms with E-state index in [1.54, 1.807) is 12.3 Å². The van der Waals surface area contributed by atoms with Crippen LogP contribution in [0.5, 0.6) is 5.75 Å². The number of methoxy groups -OCH3 is 1. The Morgan fingerprint density at radius 1 is 1.00 bits per heavy atom. The topological polar surface area (TPSA) is 83.0 Å². The van der Waals surface area contributed by atoms with Crippen LogP contribution in [0, 0.1) is 0 Å². The van der Waals surface area contributed by atoms with Gasteiger partial charge in [0.15, 0.2) is 0 Å². The van der Waals surface area contributed by atoms with Crippen molar-refractivity contribution >= 4 is 22.8 Å². The molecule has 1 amide bonds. The Morgan fingerprint density at radius 2 is 1.70 bits per heavy atom. The summed E-state index contributed by atoms with van der Waals surface area (Å²) in [4.78, 5) is 33.3. The molecule has 0 aliphatic carbocycles. The van der Waals surface area contributed by atoms with Gasteiger partial charge >= 0.3 is 5.97 Å². The van der Waals surface area contributed by atoms with Crippen molar-refractivity contribution in [2.75, 3.05) is 40.3 Å². The summed E-state index contributed by atoms with van der Waals surface area (Å²) in [6.45, 7) is 3.21. The molecule has 30 heavy (non-hydrogen) atoms. The fourth-order valence-electron chi connectivity index (χ4n) is 3.65. The lowest BCUT2D eigenvalue weighted by atomic mass is 10.0. The number of pyridine rings is 1. The monoisotopic (exact) mass is 405 g/mol. The van der Waals surface area contributed by atoms with Gasteiger partial charge in [0.1, 0.15) is 11.3 Å². The highest BCUT2D eigenvalue weighted by Gasteiger charge is 2.20. The lowest BCUT2D eigenvalue weighted by Crippen LogP contribution is -2.47. The maximum Gasteiger partial charge on any atom is 0.338 e. The molecule has 0 saturated carbocycles. The van der Waals surface area contributed by atoms with Crippen LogP contribution in [0.1, 0.15) is 20.7 Å². The Labute approximate surface area is 174 Å². The largest absolute Gasteiger partial charge is 0.506 e. The first kappa shape index (κ1) is 19.8. The van der Waals surface area contributed by atoms with Crippen LogP contribution in [0.4, 0.5) is 0 Å². The van der Waals surface area contributed by atoms with Gasteiger partial charge in [-0.2, -0.15) is 0 Å². The zero-order chi connectivity index (χ0) is 21.3. The van der Waals surface area contributed by atoms with Crippen LogP contribution >= 0.6 is 0 Å². The Hall–Kier alpha value is -3.45. The van der Waals surface area contributed by atoms with Crippen molar-refractivity contribution in [1.82, 2.24) is 14.8 Å². The van der Waals surface area contributed by atoms with Gasteiger partial charge < -0.3 is 19.6 Å². The highest BCUT2D eigenvalue weighted by atomic mass is 16.5. The second kappa shape index (κ2) is 8.12. The number of phenols is 1. The number of nitrogens with zero attached hydrogens (tertiary/aromatic N) is 3. The molecule has 1 aromatic heterocycles. The summed E-state index contributed by atoms with van der Waals surface area (Å²) in [6, 6.07) is 12.1. The number of ether oxygens (including phenoxy) is 1. The molecule has 1 saturated heterocycles. The van der Waals surface area contributed by atoms with Crippen LogP contribution in [-0.2, 0) is 4.74 Å².